The third-order valence-electron chi connectivity index (χ3n) is 0. The normalized spacial score (nSPS) is 6.50. The summed E-state index contributed by atoms with van der Waals surface area (Å²) in [6.07, 6.45) is 0. The van der Waals surface area contributed by atoms with Crippen LogP contribution in [-0.2, 0) is 0 Å². The molecule has 0 atom stereocenters. The number of hydrogen-bond acceptors (Lipinski definition) is 1. The molecule has 0 fully saturated rings. The van der Waals surface area contributed by atoms with Gasteiger partial charge in [0.25, 0.3) is 0 Å². The predicted molar refractivity (Wildman–Crippen MR) is 12.3 cm³/mol. The van der Waals surface area contributed by atoms with Gasteiger partial charge in [0.15, 0.2) is 0 Å². The number of carbonyl (C=O) groups excluding carboxylic acids is 1. The van der Waals surface area contributed by atoms with Crippen molar-refractivity contribution in [1.29, 1.82) is 0 Å². The Kier molecular flexibility index (Phi) is 1.86. The summed E-state index contributed by atoms with van der Waals surface area (Å²) in [5.41, 5.74) is 0. The summed E-state index contributed by atoms with van der Waals surface area (Å²) in [7, 11) is 0. The Bertz CT molecular complexity index is 31.0. The molecule has 0 aromatic carbocycles. The van der Waals surface area contributed by atoms with E-state index in [1.54, 1.807) is 0 Å². The van der Waals surface area contributed by atoms with Crippen molar-refractivity contribution in [3.05, 3.63) is 0 Å². The molecule has 0 N–H and O–H groups in total. The van der Waals surface area contributed by atoms with Gasteiger partial charge >= 0.3 is 35.8 Å². The van der Waals surface area contributed by atoms with E-state index in [1.165, 1.54) is 0 Å². The van der Waals surface area contributed by atoms with Gasteiger partial charge in [-0.2, -0.15) is 0 Å². The molecule has 0 aliphatic heterocycles. The van der Waals surface area contributed by atoms with E-state index < -0.39 is 4.05 Å². The first-order valence-corrected chi connectivity index (χ1v) is 2.07. The monoisotopic (exact) mass is 167 g/mol. The van der Waals surface area contributed by atoms with Crippen molar-refractivity contribution in [3.63, 3.8) is 0 Å². The molecule has 0 aromatic heterocycles. The van der Waals surface area contributed by atoms with E-state index in [2.05, 4.69) is 0 Å². The molecule has 3 heteroatoms. The molecule has 0 heterocycles. The van der Waals surface area contributed by atoms with Crippen LogP contribution in [0, 0.1) is 0 Å². The van der Waals surface area contributed by atoms with Crippen molar-refractivity contribution in [2.75, 3.05) is 0 Å². The predicted octanol–water partition coefficient (Wildman–Crippen LogP) is 0.244. The quantitative estimate of drug-likeness (QED) is 0.372. The van der Waals surface area contributed by atoms with Crippen molar-refractivity contribution in [1.82, 2.24) is 0 Å². The van der Waals surface area contributed by atoms with Gasteiger partial charge in [-0.1, -0.05) is 0 Å². The zero-order chi connectivity index (χ0) is 3.58. The summed E-state index contributed by atoms with van der Waals surface area (Å²) in [5, 5.41) is 0. The molecule has 0 aliphatic carbocycles. The fourth-order valence-corrected chi connectivity index (χ4v) is 0. The summed E-state index contributed by atoms with van der Waals surface area (Å²) in [6.45, 7) is 0. The zero-order valence-electron chi connectivity index (χ0n) is 1.79. The molecule has 21 valence electrons. The molecule has 0 spiro atoms. The van der Waals surface area contributed by atoms with Crippen molar-refractivity contribution < 1.29 is 9.18 Å². The molecule has 0 saturated heterocycles. The van der Waals surface area contributed by atoms with Gasteiger partial charge in [0.05, 0.1) is 0 Å². The van der Waals surface area contributed by atoms with E-state index in [4.69, 9.17) is 4.79 Å². The van der Waals surface area contributed by atoms with Gasteiger partial charge in [-0.25, -0.2) is 0 Å². The second-order valence-corrected chi connectivity index (χ2v) is 1.40. The van der Waals surface area contributed by atoms with Crippen molar-refractivity contribution >= 4 is 26.6 Å². The van der Waals surface area contributed by atoms with Crippen LogP contribution in [0.2, 0.25) is 0 Å². The minimum absolute atomic E-state index is 0.331. The SMILES string of the molecule is O=[C](F)[Sn]. The Morgan fingerprint density at radius 3 is 2.00 bits per heavy atom. The number of carbonyl (C=O) groups is 1. The number of rotatable bonds is 0. The average molecular weight is 166 g/mol. The van der Waals surface area contributed by atoms with E-state index >= 15 is 0 Å². The van der Waals surface area contributed by atoms with Crippen molar-refractivity contribution in [2.24, 2.45) is 0 Å². The molecule has 3 radical (unpaired) electrons. The first-order chi connectivity index (χ1) is 1.73. The Labute approximate surface area is 36.3 Å². The summed E-state index contributed by atoms with van der Waals surface area (Å²) in [6, 6.07) is 0. The molecule has 0 amide bonds. The van der Waals surface area contributed by atoms with Crippen LogP contribution < -0.4 is 0 Å². The van der Waals surface area contributed by atoms with E-state index in [1.807, 2.05) is 0 Å². The van der Waals surface area contributed by atoms with Crippen molar-refractivity contribution in [2.45, 2.75) is 0 Å². The van der Waals surface area contributed by atoms with Crippen LogP contribution in [0.1, 0.15) is 0 Å². The van der Waals surface area contributed by atoms with Gasteiger partial charge < -0.3 is 0 Å². The fourth-order valence-electron chi connectivity index (χ4n) is 0. The standard InChI is InChI=1S/CFO.Sn/c2-1-3;. The average Bonchev–Trinajstić information content (AvgIpc) is 0.811. The molecule has 0 rings (SSSR count). The summed E-state index contributed by atoms with van der Waals surface area (Å²) in [5.74, 6) is 0. The van der Waals surface area contributed by atoms with Gasteiger partial charge in [-0.05, 0) is 0 Å². The third-order valence-corrected chi connectivity index (χ3v) is 0. The molecule has 0 saturated carbocycles. The molecule has 0 unspecified atom stereocenters. The van der Waals surface area contributed by atoms with E-state index in [9.17, 15) is 4.39 Å². The Balaban J connectivity index is 2.80. The van der Waals surface area contributed by atoms with Gasteiger partial charge in [0.1, 0.15) is 0 Å². The summed E-state index contributed by atoms with van der Waals surface area (Å²) >= 11 is 0.331. The van der Waals surface area contributed by atoms with Gasteiger partial charge in [-0.3, -0.25) is 0 Å². The Hall–Kier alpha value is 0.399. The minimum atomic E-state index is -1.24. The Morgan fingerprint density at radius 1 is 2.00 bits per heavy atom. The third kappa shape index (κ3) is 29.5. The van der Waals surface area contributed by atoms with Crippen LogP contribution >= 0.6 is 0 Å². The first-order valence-electron chi connectivity index (χ1n) is 0.643. The Morgan fingerprint density at radius 2 is 2.00 bits per heavy atom. The first kappa shape index (κ1) is 4.40. The van der Waals surface area contributed by atoms with E-state index in [-0.39, 0.29) is 0 Å². The molecule has 4 heavy (non-hydrogen) atoms. The van der Waals surface area contributed by atoms with Crippen LogP contribution in [0.15, 0.2) is 0 Å². The molecular weight excluding hydrogens is 166 g/mol. The number of hydrogen-bond donors (Lipinski definition) is 0. The fraction of sp³-hybridized carbons (Fsp3) is 0. The molecule has 0 aromatic rings. The second-order valence-electron chi connectivity index (χ2n) is 0.274. The zero-order valence-corrected chi connectivity index (χ0v) is 4.64. The van der Waals surface area contributed by atoms with Crippen molar-refractivity contribution in [3.8, 4) is 0 Å². The van der Waals surface area contributed by atoms with Gasteiger partial charge in [-0.15, -0.1) is 0 Å². The van der Waals surface area contributed by atoms with Gasteiger partial charge in [0, 0.05) is 0 Å². The maximum atomic E-state index is 10.4. The molecule has 1 nitrogen and oxygen atoms in total. The second kappa shape index (κ2) is 1.69. The molecular formula is CFOSn. The molecule has 0 bridgehead atoms. The van der Waals surface area contributed by atoms with Crippen LogP contribution in [-0.4, -0.2) is 26.6 Å². The van der Waals surface area contributed by atoms with Crippen LogP contribution in [0.4, 0.5) is 9.18 Å². The molecule has 0 aliphatic rings. The topological polar surface area (TPSA) is 17.1 Å². The summed E-state index contributed by atoms with van der Waals surface area (Å²) < 4.78 is 9.16. The van der Waals surface area contributed by atoms with E-state index in [0.29, 0.717) is 22.5 Å². The number of halogens is 1. The van der Waals surface area contributed by atoms with Crippen LogP contribution in [0.3, 0.4) is 0 Å². The maximum absolute atomic E-state index is 10.4. The van der Waals surface area contributed by atoms with Crippen LogP contribution in [0.5, 0.6) is 0 Å². The van der Waals surface area contributed by atoms with E-state index in [0.717, 1.165) is 0 Å². The summed E-state index contributed by atoms with van der Waals surface area (Å²) in [4.78, 5) is 8.82. The van der Waals surface area contributed by atoms with Gasteiger partial charge in [0.2, 0.25) is 0 Å². The van der Waals surface area contributed by atoms with Crippen LogP contribution in [0.25, 0.3) is 0 Å².